The molecule has 0 aromatic heterocycles. The lowest BCUT2D eigenvalue weighted by Crippen LogP contribution is -2.49. The van der Waals surface area contributed by atoms with Gasteiger partial charge in [-0.05, 0) is 24.5 Å². The maximum absolute atomic E-state index is 12.4. The Hall–Kier alpha value is -1.27. The van der Waals surface area contributed by atoms with Crippen LogP contribution in [0.5, 0.6) is 0 Å². The average molecular weight is 281 g/mol. The molecule has 0 bridgehead atoms. The van der Waals surface area contributed by atoms with E-state index in [-0.39, 0.29) is 0 Å². The summed E-state index contributed by atoms with van der Waals surface area (Å²) in [4.78, 5) is 2.32. The summed E-state index contributed by atoms with van der Waals surface area (Å²) in [6.45, 7) is 2.33. The van der Waals surface area contributed by atoms with Gasteiger partial charge in [-0.25, -0.2) is 0 Å². The molecule has 0 saturated heterocycles. The molecule has 2 heterocycles. The summed E-state index contributed by atoms with van der Waals surface area (Å²) in [5.41, 5.74) is 3.21. The molecule has 104 valence electrons. The van der Waals surface area contributed by atoms with E-state index < -0.39 is 10.2 Å². The molecular formula is C13H19N3O2S. The lowest BCUT2D eigenvalue weighted by Gasteiger charge is -2.42. The number of rotatable bonds is 2. The number of benzene rings is 1. The van der Waals surface area contributed by atoms with Crippen LogP contribution in [0.15, 0.2) is 18.2 Å². The maximum Gasteiger partial charge on any atom is 0.303 e. The molecule has 5 nitrogen and oxygen atoms in total. The summed E-state index contributed by atoms with van der Waals surface area (Å²) in [6, 6.07) is 5.98. The van der Waals surface area contributed by atoms with Crippen LogP contribution in [0.1, 0.15) is 12.0 Å². The summed E-state index contributed by atoms with van der Waals surface area (Å²) in [6.07, 6.45) is 2.19. The first-order valence-electron chi connectivity index (χ1n) is 6.59. The lowest BCUT2D eigenvalue weighted by atomic mass is 9.99. The normalized spacial score (nSPS) is 18.7. The molecule has 0 spiro atoms. The first-order chi connectivity index (χ1) is 9.01. The van der Waals surface area contributed by atoms with E-state index in [1.165, 1.54) is 14.2 Å². The second-order valence-electron chi connectivity index (χ2n) is 5.24. The largest absolute Gasteiger partial charge is 0.368 e. The number of nitrogens with zero attached hydrogens (tertiary/aromatic N) is 3. The fourth-order valence-electron chi connectivity index (χ4n) is 2.91. The first-order valence-corrected chi connectivity index (χ1v) is 7.98. The summed E-state index contributed by atoms with van der Waals surface area (Å²) >= 11 is 0. The van der Waals surface area contributed by atoms with Crippen molar-refractivity contribution in [2.24, 2.45) is 0 Å². The fourth-order valence-corrected chi connectivity index (χ4v) is 4.01. The summed E-state index contributed by atoms with van der Waals surface area (Å²) < 4.78 is 27.6. The Balaban J connectivity index is 2.14. The molecule has 0 saturated carbocycles. The third-order valence-electron chi connectivity index (χ3n) is 3.87. The number of anilines is 2. The van der Waals surface area contributed by atoms with E-state index in [0.29, 0.717) is 6.54 Å². The van der Waals surface area contributed by atoms with Crippen molar-refractivity contribution in [3.8, 4) is 0 Å². The average Bonchev–Trinajstić information content (AvgIpc) is 2.39. The van der Waals surface area contributed by atoms with Crippen LogP contribution in [-0.2, 0) is 16.6 Å². The topological polar surface area (TPSA) is 43.9 Å². The van der Waals surface area contributed by atoms with E-state index in [2.05, 4.69) is 11.0 Å². The molecule has 0 N–H and O–H groups in total. The fraction of sp³-hybridized carbons (Fsp3) is 0.538. The maximum atomic E-state index is 12.4. The Morgan fingerprint density at radius 3 is 2.68 bits per heavy atom. The SMILES string of the molecule is CN(C)S(=O)(=O)N1CCN2CCCc3cccc1c32. The predicted octanol–water partition coefficient (Wildman–Crippen LogP) is 1.07. The van der Waals surface area contributed by atoms with Gasteiger partial charge in [0.15, 0.2) is 0 Å². The highest BCUT2D eigenvalue weighted by atomic mass is 32.2. The Labute approximate surface area is 114 Å². The number of hydrogen-bond donors (Lipinski definition) is 0. The molecular weight excluding hydrogens is 262 g/mol. The summed E-state index contributed by atoms with van der Waals surface area (Å²) in [5, 5.41) is 0. The van der Waals surface area contributed by atoms with Gasteiger partial charge in [-0.2, -0.15) is 12.7 Å². The standard InChI is InChI=1S/C13H19N3O2S/c1-14(2)19(17,18)16-10-9-15-8-4-6-11-5-3-7-12(16)13(11)15/h3,5,7H,4,6,8-10H2,1-2H3. The van der Waals surface area contributed by atoms with Crippen LogP contribution in [0.25, 0.3) is 0 Å². The molecule has 0 aliphatic carbocycles. The molecule has 0 radical (unpaired) electrons. The predicted molar refractivity (Wildman–Crippen MR) is 76.9 cm³/mol. The van der Waals surface area contributed by atoms with Gasteiger partial charge < -0.3 is 4.90 Å². The van der Waals surface area contributed by atoms with Gasteiger partial charge in [-0.15, -0.1) is 0 Å². The molecule has 3 rings (SSSR count). The minimum Gasteiger partial charge on any atom is -0.368 e. The molecule has 1 aromatic carbocycles. The Morgan fingerprint density at radius 2 is 1.95 bits per heavy atom. The highest BCUT2D eigenvalue weighted by molar-refractivity contribution is 7.90. The molecule has 2 aliphatic rings. The van der Waals surface area contributed by atoms with Gasteiger partial charge in [0, 0.05) is 27.2 Å². The van der Waals surface area contributed by atoms with Gasteiger partial charge in [0.05, 0.1) is 17.9 Å². The third kappa shape index (κ3) is 1.90. The van der Waals surface area contributed by atoms with Gasteiger partial charge in [0.2, 0.25) is 0 Å². The smallest absolute Gasteiger partial charge is 0.303 e. The second kappa shape index (κ2) is 4.38. The molecule has 1 aromatic rings. The lowest BCUT2D eigenvalue weighted by molar-refractivity contribution is 0.513. The van der Waals surface area contributed by atoms with Crippen LogP contribution in [-0.4, -0.2) is 46.5 Å². The van der Waals surface area contributed by atoms with Crippen LogP contribution in [0.2, 0.25) is 0 Å². The van der Waals surface area contributed by atoms with Gasteiger partial charge in [0.1, 0.15) is 0 Å². The Morgan fingerprint density at radius 1 is 1.16 bits per heavy atom. The van der Waals surface area contributed by atoms with Crippen LogP contribution >= 0.6 is 0 Å². The van der Waals surface area contributed by atoms with Crippen LogP contribution < -0.4 is 9.21 Å². The zero-order valence-corrected chi connectivity index (χ0v) is 12.2. The summed E-state index contributed by atoms with van der Waals surface area (Å²) in [7, 11) is -0.237. The Kier molecular flexibility index (Phi) is 2.94. The number of aryl methyl sites for hydroxylation is 1. The second-order valence-corrected chi connectivity index (χ2v) is 7.30. The Bertz CT molecular complexity index is 598. The molecule has 19 heavy (non-hydrogen) atoms. The van der Waals surface area contributed by atoms with Crippen molar-refractivity contribution in [2.45, 2.75) is 12.8 Å². The van der Waals surface area contributed by atoms with Gasteiger partial charge >= 0.3 is 10.2 Å². The van der Waals surface area contributed by atoms with E-state index in [1.54, 1.807) is 14.1 Å². The zero-order valence-electron chi connectivity index (χ0n) is 11.3. The summed E-state index contributed by atoms with van der Waals surface area (Å²) in [5.74, 6) is 0. The van der Waals surface area contributed by atoms with Gasteiger partial charge in [0.25, 0.3) is 0 Å². The van der Waals surface area contributed by atoms with E-state index >= 15 is 0 Å². The minimum absolute atomic E-state index is 0.525. The van der Waals surface area contributed by atoms with Gasteiger partial charge in [-0.1, -0.05) is 12.1 Å². The monoisotopic (exact) mass is 281 g/mol. The van der Waals surface area contributed by atoms with E-state index in [1.807, 2.05) is 12.1 Å². The van der Waals surface area contributed by atoms with Crippen molar-refractivity contribution in [1.82, 2.24) is 4.31 Å². The van der Waals surface area contributed by atoms with Crippen molar-refractivity contribution in [3.05, 3.63) is 23.8 Å². The molecule has 6 heteroatoms. The third-order valence-corrected chi connectivity index (χ3v) is 5.73. The zero-order chi connectivity index (χ0) is 13.6. The van der Waals surface area contributed by atoms with Crippen molar-refractivity contribution in [2.75, 3.05) is 42.9 Å². The number of para-hydroxylation sites is 1. The number of hydrogen-bond acceptors (Lipinski definition) is 3. The van der Waals surface area contributed by atoms with Crippen molar-refractivity contribution in [3.63, 3.8) is 0 Å². The van der Waals surface area contributed by atoms with Crippen LogP contribution in [0, 0.1) is 0 Å². The molecule has 0 unspecified atom stereocenters. The van der Waals surface area contributed by atoms with E-state index in [4.69, 9.17) is 0 Å². The van der Waals surface area contributed by atoms with E-state index in [0.717, 1.165) is 37.3 Å². The van der Waals surface area contributed by atoms with Crippen molar-refractivity contribution >= 4 is 21.6 Å². The highest BCUT2D eigenvalue weighted by Crippen LogP contribution is 2.40. The van der Waals surface area contributed by atoms with E-state index in [9.17, 15) is 8.42 Å². The van der Waals surface area contributed by atoms with Crippen LogP contribution in [0.3, 0.4) is 0 Å². The van der Waals surface area contributed by atoms with Crippen molar-refractivity contribution in [1.29, 1.82) is 0 Å². The highest BCUT2D eigenvalue weighted by Gasteiger charge is 2.34. The first kappa shape index (κ1) is 12.7. The quantitative estimate of drug-likeness (QED) is 0.814. The minimum atomic E-state index is -3.40. The molecule has 0 amide bonds. The molecule has 0 atom stereocenters. The van der Waals surface area contributed by atoms with Crippen molar-refractivity contribution < 1.29 is 8.42 Å². The van der Waals surface area contributed by atoms with Gasteiger partial charge in [-0.3, -0.25) is 4.31 Å². The molecule has 0 fully saturated rings. The molecule has 2 aliphatic heterocycles. The van der Waals surface area contributed by atoms with Crippen LogP contribution in [0.4, 0.5) is 11.4 Å².